The van der Waals surface area contributed by atoms with Crippen molar-refractivity contribution in [3.05, 3.63) is 54.4 Å². The molecule has 0 radical (unpaired) electrons. The Balaban J connectivity index is 1.76. The van der Waals surface area contributed by atoms with E-state index in [1.54, 1.807) is 43.4 Å². The summed E-state index contributed by atoms with van der Waals surface area (Å²) in [7, 11) is 1.65. The van der Waals surface area contributed by atoms with Crippen molar-refractivity contribution in [1.29, 1.82) is 0 Å². The van der Waals surface area contributed by atoms with E-state index >= 15 is 0 Å². The third-order valence-corrected chi connectivity index (χ3v) is 3.60. The van der Waals surface area contributed by atoms with Crippen molar-refractivity contribution < 1.29 is 9.53 Å². The maximum Gasteiger partial charge on any atom is 0.234 e. The van der Waals surface area contributed by atoms with Crippen molar-refractivity contribution in [2.75, 3.05) is 18.2 Å². The molecule has 0 aliphatic heterocycles. The average Bonchev–Trinajstić information content (AvgIpc) is 2.48. The first-order valence-corrected chi connectivity index (χ1v) is 7.34. The van der Waals surface area contributed by atoms with Crippen LogP contribution in [0.25, 0.3) is 0 Å². The molecule has 1 heterocycles. The molecule has 2 aromatic rings. The second-order valence-corrected chi connectivity index (χ2v) is 5.11. The molecule has 0 unspecified atom stereocenters. The SMILES string of the molecule is COc1cccc(CSCC(=O)Nc2ccncc2)c1. The number of nitrogens with one attached hydrogen (secondary N) is 1. The molecule has 0 aliphatic carbocycles. The lowest BCUT2D eigenvalue weighted by Gasteiger charge is -2.06. The zero-order chi connectivity index (χ0) is 14.2. The minimum absolute atomic E-state index is 0.0101. The molecule has 1 aromatic heterocycles. The van der Waals surface area contributed by atoms with Crippen LogP contribution in [0.2, 0.25) is 0 Å². The summed E-state index contributed by atoms with van der Waals surface area (Å²) < 4.78 is 5.17. The molecule has 0 atom stereocenters. The minimum atomic E-state index is -0.0101. The van der Waals surface area contributed by atoms with Gasteiger partial charge in [-0.2, -0.15) is 0 Å². The molecule has 1 amide bonds. The number of aromatic nitrogens is 1. The van der Waals surface area contributed by atoms with Gasteiger partial charge in [0.2, 0.25) is 5.91 Å². The Labute approximate surface area is 122 Å². The number of ether oxygens (including phenoxy) is 1. The summed E-state index contributed by atoms with van der Waals surface area (Å²) in [6, 6.07) is 11.4. The van der Waals surface area contributed by atoms with E-state index in [4.69, 9.17) is 4.74 Å². The molecule has 2 rings (SSSR count). The third kappa shape index (κ3) is 4.59. The van der Waals surface area contributed by atoms with Gasteiger partial charge in [-0.25, -0.2) is 0 Å². The van der Waals surface area contributed by atoms with Crippen LogP contribution in [0.3, 0.4) is 0 Å². The van der Waals surface area contributed by atoms with E-state index in [1.807, 2.05) is 24.3 Å². The molecular formula is C15H16N2O2S. The van der Waals surface area contributed by atoms with Gasteiger partial charge >= 0.3 is 0 Å². The number of nitrogens with zero attached hydrogens (tertiary/aromatic N) is 1. The maximum absolute atomic E-state index is 11.7. The summed E-state index contributed by atoms with van der Waals surface area (Å²) in [5.74, 6) is 2.02. The van der Waals surface area contributed by atoms with Crippen LogP contribution in [0.4, 0.5) is 5.69 Å². The van der Waals surface area contributed by atoms with E-state index in [0.29, 0.717) is 5.75 Å². The van der Waals surface area contributed by atoms with Crippen LogP contribution >= 0.6 is 11.8 Å². The summed E-state index contributed by atoms with van der Waals surface area (Å²) in [6.45, 7) is 0. The second-order valence-electron chi connectivity index (χ2n) is 4.13. The van der Waals surface area contributed by atoms with E-state index in [-0.39, 0.29) is 5.91 Å². The number of hydrogen-bond donors (Lipinski definition) is 1. The van der Waals surface area contributed by atoms with Crippen molar-refractivity contribution >= 4 is 23.4 Å². The number of thioether (sulfide) groups is 1. The summed E-state index contributed by atoms with van der Waals surface area (Å²) in [4.78, 5) is 15.7. The van der Waals surface area contributed by atoms with Gasteiger partial charge < -0.3 is 10.1 Å². The smallest absolute Gasteiger partial charge is 0.234 e. The van der Waals surface area contributed by atoms with E-state index in [0.717, 1.165) is 22.8 Å². The molecule has 0 bridgehead atoms. The van der Waals surface area contributed by atoms with Crippen molar-refractivity contribution in [3.63, 3.8) is 0 Å². The van der Waals surface area contributed by atoms with E-state index in [2.05, 4.69) is 10.3 Å². The van der Waals surface area contributed by atoms with Gasteiger partial charge in [-0.1, -0.05) is 12.1 Å². The first-order valence-electron chi connectivity index (χ1n) is 6.18. The number of carbonyl (C=O) groups excluding carboxylic acids is 1. The van der Waals surface area contributed by atoms with Gasteiger partial charge in [0, 0.05) is 23.8 Å². The number of benzene rings is 1. The molecular weight excluding hydrogens is 272 g/mol. The molecule has 0 spiro atoms. The van der Waals surface area contributed by atoms with Gasteiger partial charge in [-0.05, 0) is 29.8 Å². The van der Waals surface area contributed by atoms with E-state index in [1.165, 1.54) is 0 Å². The number of anilines is 1. The van der Waals surface area contributed by atoms with Gasteiger partial charge in [0.25, 0.3) is 0 Å². The molecule has 0 saturated carbocycles. The molecule has 1 N–H and O–H groups in total. The molecule has 1 aromatic carbocycles. The monoisotopic (exact) mass is 288 g/mol. The largest absolute Gasteiger partial charge is 0.497 e. The Kier molecular flexibility index (Phi) is 5.43. The van der Waals surface area contributed by atoms with Gasteiger partial charge in [-0.15, -0.1) is 11.8 Å². The number of pyridine rings is 1. The summed E-state index contributed by atoms with van der Waals surface area (Å²) >= 11 is 1.57. The second kappa shape index (κ2) is 7.55. The zero-order valence-electron chi connectivity index (χ0n) is 11.2. The van der Waals surface area contributed by atoms with Gasteiger partial charge in [0.1, 0.15) is 5.75 Å². The lowest BCUT2D eigenvalue weighted by molar-refractivity contribution is -0.113. The van der Waals surface area contributed by atoms with Crippen LogP contribution in [0.1, 0.15) is 5.56 Å². The van der Waals surface area contributed by atoms with Crippen molar-refractivity contribution in [3.8, 4) is 5.75 Å². The standard InChI is InChI=1S/C15H16N2O2S/c1-19-14-4-2-3-12(9-14)10-20-11-15(18)17-13-5-7-16-8-6-13/h2-9H,10-11H2,1H3,(H,16,17,18). The van der Waals surface area contributed by atoms with Crippen LogP contribution in [0.15, 0.2) is 48.8 Å². The fourth-order valence-electron chi connectivity index (χ4n) is 1.66. The van der Waals surface area contributed by atoms with Crippen LogP contribution < -0.4 is 10.1 Å². The van der Waals surface area contributed by atoms with Crippen LogP contribution in [0, 0.1) is 0 Å². The molecule has 20 heavy (non-hydrogen) atoms. The van der Waals surface area contributed by atoms with Crippen LogP contribution in [-0.2, 0) is 10.5 Å². The highest BCUT2D eigenvalue weighted by Crippen LogP contribution is 2.18. The fraction of sp³-hybridized carbons (Fsp3) is 0.200. The predicted octanol–water partition coefficient (Wildman–Crippen LogP) is 2.96. The highest BCUT2D eigenvalue weighted by atomic mass is 32.2. The van der Waals surface area contributed by atoms with E-state index in [9.17, 15) is 4.79 Å². The molecule has 5 heteroatoms. The van der Waals surface area contributed by atoms with Crippen molar-refractivity contribution in [1.82, 2.24) is 4.98 Å². The molecule has 0 aliphatic rings. The summed E-state index contributed by atoms with van der Waals surface area (Å²) in [6.07, 6.45) is 3.30. The first-order chi connectivity index (χ1) is 9.78. The normalized spacial score (nSPS) is 10.1. The Morgan fingerprint density at radius 2 is 2.10 bits per heavy atom. The van der Waals surface area contributed by atoms with E-state index < -0.39 is 0 Å². The Hall–Kier alpha value is -2.01. The van der Waals surface area contributed by atoms with Crippen molar-refractivity contribution in [2.24, 2.45) is 0 Å². The lowest BCUT2D eigenvalue weighted by atomic mass is 10.2. The van der Waals surface area contributed by atoms with Crippen LogP contribution in [0.5, 0.6) is 5.75 Å². The highest BCUT2D eigenvalue weighted by molar-refractivity contribution is 7.99. The lowest BCUT2D eigenvalue weighted by Crippen LogP contribution is -2.14. The summed E-state index contributed by atoms with van der Waals surface area (Å²) in [5, 5.41) is 2.83. The van der Waals surface area contributed by atoms with Gasteiger partial charge in [0.15, 0.2) is 0 Å². The number of amides is 1. The highest BCUT2D eigenvalue weighted by Gasteiger charge is 2.03. The quantitative estimate of drug-likeness (QED) is 0.888. The number of rotatable bonds is 6. The number of hydrogen-bond acceptors (Lipinski definition) is 4. The Bertz CT molecular complexity index is 561. The third-order valence-electron chi connectivity index (χ3n) is 2.60. The molecule has 104 valence electrons. The van der Waals surface area contributed by atoms with Gasteiger partial charge in [0.05, 0.1) is 12.9 Å². The first kappa shape index (κ1) is 14.4. The topological polar surface area (TPSA) is 51.2 Å². The summed E-state index contributed by atoms with van der Waals surface area (Å²) in [5.41, 5.74) is 1.91. The fourth-order valence-corrected chi connectivity index (χ4v) is 2.43. The average molecular weight is 288 g/mol. The predicted molar refractivity (Wildman–Crippen MR) is 82.0 cm³/mol. The molecule has 0 fully saturated rings. The van der Waals surface area contributed by atoms with Crippen LogP contribution in [-0.4, -0.2) is 23.8 Å². The Morgan fingerprint density at radius 3 is 2.85 bits per heavy atom. The zero-order valence-corrected chi connectivity index (χ0v) is 12.0. The molecule has 0 saturated heterocycles. The molecule has 4 nitrogen and oxygen atoms in total. The minimum Gasteiger partial charge on any atom is -0.497 e. The van der Waals surface area contributed by atoms with Crippen molar-refractivity contribution in [2.45, 2.75) is 5.75 Å². The maximum atomic E-state index is 11.7. The number of methoxy groups -OCH3 is 1. The number of carbonyl (C=O) groups is 1. The Morgan fingerprint density at radius 1 is 1.30 bits per heavy atom. The van der Waals surface area contributed by atoms with Gasteiger partial charge in [-0.3, -0.25) is 9.78 Å².